The quantitative estimate of drug-likeness (QED) is 0.530. The maximum absolute atomic E-state index is 14.3. The Bertz CT molecular complexity index is 1040. The number of nitrogens with one attached hydrogen (secondary N) is 3. The van der Waals surface area contributed by atoms with Crippen LogP contribution in [0.1, 0.15) is 57.4 Å². The molecule has 0 bridgehead atoms. The van der Waals surface area contributed by atoms with Crippen LogP contribution in [0.3, 0.4) is 0 Å². The molecule has 0 amide bonds. The predicted octanol–water partition coefficient (Wildman–Crippen LogP) is 4.77. The van der Waals surface area contributed by atoms with Crippen LogP contribution in [-0.4, -0.2) is 38.7 Å². The zero-order chi connectivity index (χ0) is 21.2. The highest BCUT2D eigenvalue weighted by Crippen LogP contribution is 2.36. The molecule has 2 aliphatic rings. The normalized spacial score (nSPS) is 22.1. The Labute approximate surface area is 181 Å². The van der Waals surface area contributed by atoms with Gasteiger partial charge in [-0.25, -0.2) is 14.4 Å². The first-order chi connectivity index (χ1) is 15.2. The topological polar surface area (TPSA) is 79.7 Å². The number of para-hydroxylation sites is 1. The lowest BCUT2D eigenvalue weighted by molar-refractivity contribution is 0.370. The van der Waals surface area contributed by atoms with Crippen LogP contribution in [0.25, 0.3) is 11.2 Å². The van der Waals surface area contributed by atoms with Crippen molar-refractivity contribution in [2.75, 3.05) is 17.7 Å². The van der Waals surface area contributed by atoms with Gasteiger partial charge < -0.3 is 16.0 Å². The SMILES string of the molecule is CN[C@H]1CC[C@H](Nc2ncc3nc(Nc4ccccc4F)n(C4CCCC4)c3n2)CC1. The number of aromatic nitrogens is 4. The molecule has 0 radical (unpaired) electrons. The van der Waals surface area contributed by atoms with E-state index in [1.807, 2.05) is 13.1 Å². The van der Waals surface area contributed by atoms with Gasteiger partial charge in [0.1, 0.15) is 11.3 Å². The van der Waals surface area contributed by atoms with Crippen molar-refractivity contribution in [3.63, 3.8) is 0 Å². The van der Waals surface area contributed by atoms with Crippen molar-refractivity contribution in [3.05, 3.63) is 36.3 Å². The van der Waals surface area contributed by atoms with Crippen LogP contribution in [0.5, 0.6) is 0 Å². The molecular formula is C23H30FN7. The van der Waals surface area contributed by atoms with Gasteiger partial charge in [0, 0.05) is 18.1 Å². The lowest BCUT2D eigenvalue weighted by Gasteiger charge is -2.28. The molecule has 2 saturated carbocycles. The largest absolute Gasteiger partial charge is 0.351 e. The first-order valence-corrected chi connectivity index (χ1v) is 11.4. The first kappa shape index (κ1) is 20.2. The number of halogens is 1. The van der Waals surface area contributed by atoms with Gasteiger partial charge in [-0.05, 0) is 57.7 Å². The van der Waals surface area contributed by atoms with Gasteiger partial charge in [-0.2, -0.15) is 4.98 Å². The van der Waals surface area contributed by atoms with Gasteiger partial charge in [0.2, 0.25) is 11.9 Å². The van der Waals surface area contributed by atoms with Gasteiger partial charge in [-0.1, -0.05) is 25.0 Å². The number of fused-ring (bicyclic) bond motifs is 1. The molecular weight excluding hydrogens is 393 g/mol. The van der Waals surface area contributed by atoms with Crippen molar-refractivity contribution in [1.82, 2.24) is 24.8 Å². The minimum atomic E-state index is -0.293. The molecule has 2 fully saturated rings. The van der Waals surface area contributed by atoms with Gasteiger partial charge in [0.25, 0.3) is 0 Å². The van der Waals surface area contributed by atoms with Crippen molar-refractivity contribution in [2.45, 2.75) is 69.5 Å². The molecule has 3 aromatic rings. The fraction of sp³-hybridized carbons (Fsp3) is 0.522. The second-order valence-electron chi connectivity index (χ2n) is 8.73. The van der Waals surface area contributed by atoms with Crippen LogP contribution < -0.4 is 16.0 Å². The zero-order valence-electron chi connectivity index (χ0n) is 17.9. The van der Waals surface area contributed by atoms with E-state index in [1.165, 1.54) is 18.9 Å². The van der Waals surface area contributed by atoms with Crippen LogP contribution in [0.15, 0.2) is 30.5 Å². The minimum absolute atomic E-state index is 0.293. The van der Waals surface area contributed by atoms with Crippen LogP contribution >= 0.6 is 0 Å². The van der Waals surface area contributed by atoms with Crippen molar-refractivity contribution in [2.24, 2.45) is 0 Å². The second kappa shape index (κ2) is 8.78. The third-order valence-electron chi connectivity index (χ3n) is 6.71. The molecule has 3 N–H and O–H groups in total. The number of benzene rings is 1. The third kappa shape index (κ3) is 4.21. The van der Waals surface area contributed by atoms with Crippen molar-refractivity contribution in [3.8, 4) is 0 Å². The summed E-state index contributed by atoms with van der Waals surface area (Å²) in [4.78, 5) is 14.1. The van der Waals surface area contributed by atoms with E-state index in [0.29, 0.717) is 35.7 Å². The highest BCUT2D eigenvalue weighted by molar-refractivity contribution is 5.76. The van der Waals surface area contributed by atoms with Gasteiger partial charge in [0.15, 0.2) is 5.65 Å². The summed E-state index contributed by atoms with van der Waals surface area (Å²) in [6.45, 7) is 0. The van der Waals surface area contributed by atoms with E-state index >= 15 is 0 Å². The predicted molar refractivity (Wildman–Crippen MR) is 121 cm³/mol. The van der Waals surface area contributed by atoms with Crippen LogP contribution in [-0.2, 0) is 0 Å². The second-order valence-corrected chi connectivity index (χ2v) is 8.73. The average molecular weight is 424 g/mol. The van der Waals surface area contributed by atoms with Gasteiger partial charge >= 0.3 is 0 Å². The molecule has 0 unspecified atom stereocenters. The number of rotatable bonds is 6. The Morgan fingerprint density at radius 3 is 2.45 bits per heavy atom. The van der Waals surface area contributed by atoms with Gasteiger partial charge in [-0.3, -0.25) is 4.57 Å². The molecule has 5 rings (SSSR count). The van der Waals surface area contributed by atoms with E-state index in [-0.39, 0.29) is 5.82 Å². The molecule has 7 nitrogen and oxygen atoms in total. The minimum Gasteiger partial charge on any atom is -0.351 e. The van der Waals surface area contributed by atoms with Crippen molar-refractivity contribution >= 4 is 28.7 Å². The molecule has 1 aromatic carbocycles. The van der Waals surface area contributed by atoms with Crippen molar-refractivity contribution < 1.29 is 4.39 Å². The van der Waals surface area contributed by atoms with Crippen LogP contribution in [0.2, 0.25) is 0 Å². The van der Waals surface area contributed by atoms with E-state index in [0.717, 1.165) is 49.7 Å². The van der Waals surface area contributed by atoms with Crippen LogP contribution in [0.4, 0.5) is 22.0 Å². The van der Waals surface area contributed by atoms with Gasteiger partial charge in [0.05, 0.1) is 11.9 Å². The van der Waals surface area contributed by atoms with Gasteiger partial charge in [-0.15, -0.1) is 0 Å². The van der Waals surface area contributed by atoms with E-state index in [9.17, 15) is 4.39 Å². The summed E-state index contributed by atoms with van der Waals surface area (Å²) in [5.41, 5.74) is 1.96. The highest BCUT2D eigenvalue weighted by atomic mass is 19.1. The first-order valence-electron chi connectivity index (χ1n) is 11.4. The fourth-order valence-corrected chi connectivity index (χ4v) is 4.95. The summed E-state index contributed by atoms with van der Waals surface area (Å²) in [7, 11) is 2.03. The molecule has 0 atom stereocenters. The number of imidazole rings is 1. The number of nitrogens with zero attached hydrogens (tertiary/aromatic N) is 4. The molecule has 2 heterocycles. The number of hydrogen-bond donors (Lipinski definition) is 3. The summed E-state index contributed by atoms with van der Waals surface area (Å²) >= 11 is 0. The average Bonchev–Trinajstić information content (AvgIpc) is 3.43. The monoisotopic (exact) mass is 423 g/mol. The Balaban J connectivity index is 1.45. The highest BCUT2D eigenvalue weighted by Gasteiger charge is 2.25. The number of hydrogen-bond acceptors (Lipinski definition) is 6. The van der Waals surface area contributed by atoms with E-state index in [1.54, 1.807) is 18.3 Å². The zero-order valence-corrected chi connectivity index (χ0v) is 17.9. The van der Waals surface area contributed by atoms with Crippen molar-refractivity contribution in [1.29, 1.82) is 0 Å². The summed E-state index contributed by atoms with van der Waals surface area (Å²) in [6.07, 6.45) is 10.9. The standard InChI is InChI=1S/C23H30FN7/c1-25-15-10-12-16(13-11-15)27-22-26-14-20-21(30-22)31(17-6-2-3-7-17)23(29-20)28-19-9-5-4-8-18(19)24/h4-5,8-9,14-17,25H,2-3,6-7,10-13H2,1H3,(H,28,29)(H,26,27,30)/t15-,16-. The maximum Gasteiger partial charge on any atom is 0.224 e. The van der Waals surface area contributed by atoms with E-state index in [4.69, 9.17) is 9.97 Å². The maximum atomic E-state index is 14.3. The lowest BCUT2D eigenvalue weighted by atomic mass is 9.91. The van der Waals surface area contributed by atoms with E-state index in [2.05, 4.69) is 25.5 Å². The Kier molecular flexibility index (Phi) is 5.72. The third-order valence-corrected chi connectivity index (χ3v) is 6.71. The smallest absolute Gasteiger partial charge is 0.224 e. The Morgan fingerprint density at radius 1 is 0.968 bits per heavy atom. The molecule has 164 valence electrons. The molecule has 0 saturated heterocycles. The van der Waals surface area contributed by atoms with E-state index < -0.39 is 0 Å². The Hall–Kier alpha value is -2.74. The van der Waals surface area contributed by atoms with Crippen LogP contribution in [0, 0.1) is 5.82 Å². The summed E-state index contributed by atoms with van der Waals surface area (Å²) < 4.78 is 16.4. The summed E-state index contributed by atoms with van der Waals surface area (Å²) in [5.74, 6) is 0.989. The fourth-order valence-electron chi connectivity index (χ4n) is 4.95. The summed E-state index contributed by atoms with van der Waals surface area (Å²) in [5, 5.41) is 10.1. The molecule has 0 aliphatic heterocycles. The number of anilines is 3. The molecule has 0 spiro atoms. The molecule has 2 aromatic heterocycles. The summed E-state index contributed by atoms with van der Waals surface area (Å²) in [6, 6.07) is 8.00. The molecule has 2 aliphatic carbocycles. The molecule has 8 heteroatoms. The Morgan fingerprint density at radius 2 is 1.71 bits per heavy atom. The molecule has 31 heavy (non-hydrogen) atoms. The lowest BCUT2D eigenvalue weighted by Crippen LogP contribution is -2.35.